The molecular formula is C17H19NO2. The van der Waals surface area contributed by atoms with Crippen LogP contribution >= 0.6 is 0 Å². The van der Waals surface area contributed by atoms with Crippen molar-refractivity contribution in [2.24, 2.45) is 0 Å². The number of fused-ring (bicyclic) bond motifs is 1. The number of esters is 1. The Morgan fingerprint density at radius 1 is 1.40 bits per heavy atom. The van der Waals surface area contributed by atoms with Crippen molar-refractivity contribution >= 4 is 11.5 Å². The first kappa shape index (κ1) is 14.3. The zero-order valence-corrected chi connectivity index (χ0v) is 12.2. The molecule has 0 aliphatic heterocycles. The lowest BCUT2D eigenvalue weighted by molar-refractivity contribution is -0.137. The Balaban J connectivity index is 2.60. The van der Waals surface area contributed by atoms with E-state index in [-0.39, 0.29) is 17.6 Å². The van der Waals surface area contributed by atoms with E-state index in [2.05, 4.69) is 19.9 Å². The van der Waals surface area contributed by atoms with Gasteiger partial charge in [-0.05, 0) is 41.9 Å². The van der Waals surface area contributed by atoms with Gasteiger partial charge in [-0.1, -0.05) is 38.1 Å². The van der Waals surface area contributed by atoms with E-state index in [9.17, 15) is 10.1 Å². The van der Waals surface area contributed by atoms with Crippen molar-refractivity contribution in [3.8, 4) is 6.07 Å². The van der Waals surface area contributed by atoms with E-state index in [4.69, 9.17) is 4.74 Å². The van der Waals surface area contributed by atoms with Gasteiger partial charge in [0.15, 0.2) is 0 Å². The van der Waals surface area contributed by atoms with Crippen molar-refractivity contribution in [1.82, 2.24) is 0 Å². The summed E-state index contributed by atoms with van der Waals surface area (Å²) in [6.45, 7) is 6.41. The fourth-order valence-electron chi connectivity index (χ4n) is 2.74. The summed E-state index contributed by atoms with van der Waals surface area (Å²) in [5.74, 6) is -0.514. The number of benzene rings is 1. The van der Waals surface area contributed by atoms with E-state index in [0.29, 0.717) is 0 Å². The van der Waals surface area contributed by atoms with E-state index in [1.807, 2.05) is 24.3 Å². The highest BCUT2D eigenvalue weighted by atomic mass is 16.5. The molecular weight excluding hydrogens is 250 g/mol. The van der Waals surface area contributed by atoms with E-state index in [1.54, 1.807) is 6.92 Å². The molecule has 2 rings (SSSR count). The zero-order chi connectivity index (χ0) is 14.8. The van der Waals surface area contributed by atoms with E-state index < -0.39 is 5.97 Å². The molecule has 1 aromatic rings. The van der Waals surface area contributed by atoms with Gasteiger partial charge in [-0.15, -0.1) is 0 Å². The molecule has 1 aliphatic rings. The minimum absolute atomic E-state index is 0.0648. The van der Waals surface area contributed by atoms with Gasteiger partial charge in [0.25, 0.3) is 0 Å². The van der Waals surface area contributed by atoms with Crippen LogP contribution in [0.4, 0.5) is 0 Å². The van der Waals surface area contributed by atoms with Crippen molar-refractivity contribution in [1.29, 1.82) is 5.26 Å². The maximum absolute atomic E-state index is 11.9. The fraction of sp³-hybridized carbons (Fsp3) is 0.412. The number of carbonyl (C=O) groups excluding carboxylic acids is 1. The van der Waals surface area contributed by atoms with Crippen molar-refractivity contribution < 1.29 is 9.53 Å². The van der Waals surface area contributed by atoms with Crippen LogP contribution in [0.5, 0.6) is 0 Å². The van der Waals surface area contributed by atoms with E-state index in [0.717, 1.165) is 24.0 Å². The molecule has 0 N–H and O–H groups in total. The molecule has 0 aromatic heterocycles. The molecule has 3 heteroatoms. The van der Waals surface area contributed by atoms with Gasteiger partial charge in [0.2, 0.25) is 0 Å². The van der Waals surface area contributed by atoms with Crippen LogP contribution in [0.25, 0.3) is 5.57 Å². The molecule has 104 valence electrons. The second-order valence-electron chi connectivity index (χ2n) is 5.62. The fourth-order valence-corrected chi connectivity index (χ4v) is 2.74. The van der Waals surface area contributed by atoms with Crippen LogP contribution in [0.3, 0.4) is 0 Å². The van der Waals surface area contributed by atoms with Crippen LogP contribution in [0.15, 0.2) is 29.8 Å². The van der Waals surface area contributed by atoms with E-state index >= 15 is 0 Å². The first-order valence-electron chi connectivity index (χ1n) is 6.91. The second-order valence-corrected chi connectivity index (χ2v) is 5.62. The van der Waals surface area contributed by atoms with Crippen molar-refractivity contribution in [2.75, 3.05) is 6.61 Å². The average molecular weight is 269 g/mol. The average Bonchev–Trinajstić information content (AvgIpc) is 2.43. The molecule has 1 aliphatic carbocycles. The van der Waals surface area contributed by atoms with E-state index in [1.165, 1.54) is 5.56 Å². The summed E-state index contributed by atoms with van der Waals surface area (Å²) >= 11 is 0. The van der Waals surface area contributed by atoms with Crippen LogP contribution in [-0.2, 0) is 14.9 Å². The molecule has 0 radical (unpaired) electrons. The summed E-state index contributed by atoms with van der Waals surface area (Å²) < 4.78 is 5.00. The predicted molar refractivity (Wildman–Crippen MR) is 77.9 cm³/mol. The summed E-state index contributed by atoms with van der Waals surface area (Å²) in [4.78, 5) is 11.9. The topological polar surface area (TPSA) is 50.1 Å². The molecule has 0 atom stereocenters. The van der Waals surface area contributed by atoms with Gasteiger partial charge in [0, 0.05) is 0 Å². The van der Waals surface area contributed by atoms with Gasteiger partial charge in [0.1, 0.15) is 11.6 Å². The molecule has 0 heterocycles. The first-order chi connectivity index (χ1) is 9.51. The Morgan fingerprint density at radius 2 is 2.10 bits per heavy atom. The van der Waals surface area contributed by atoms with Gasteiger partial charge in [-0.2, -0.15) is 5.26 Å². The quantitative estimate of drug-likeness (QED) is 0.468. The lowest BCUT2D eigenvalue weighted by Gasteiger charge is -2.34. The van der Waals surface area contributed by atoms with Gasteiger partial charge in [-0.25, -0.2) is 4.79 Å². The minimum Gasteiger partial charge on any atom is -0.462 e. The summed E-state index contributed by atoms with van der Waals surface area (Å²) in [5.41, 5.74) is 3.23. The van der Waals surface area contributed by atoms with Gasteiger partial charge in [0.05, 0.1) is 6.61 Å². The number of hydrogen-bond donors (Lipinski definition) is 0. The predicted octanol–water partition coefficient (Wildman–Crippen LogP) is 3.60. The largest absolute Gasteiger partial charge is 0.462 e. The van der Waals surface area contributed by atoms with Crippen molar-refractivity contribution in [3.05, 3.63) is 41.0 Å². The Labute approximate surface area is 119 Å². The van der Waals surface area contributed by atoms with Crippen LogP contribution in [0.1, 0.15) is 44.7 Å². The summed E-state index contributed by atoms with van der Waals surface area (Å²) in [5, 5.41) is 9.32. The third kappa shape index (κ3) is 2.46. The number of nitriles is 1. The third-order valence-electron chi connectivity index (χ3n) is 3.87. The molecule has 0 fully saturated rings. The number of rotatable bonds is 2. The highest BCUT2D eigenvalue weighted by Gasteiger charge is 2.32. The summed E-state index contributed by atoms with van der Waals surface area (Å²) in [6, 6.07) is 10.0. The number of allylic oxidation sites excluding steroid dienone is 1. The molecule has 0 spiro atoms. The van der Waals surface area contributed by atoms with Crippen molar-refractivity contribution in [3.63, 3.8) is 0 Å². The first-order valence-corrected chi connectivity index (χ1v) is 6.91. The lowest BCUT2D eigenvalue weighted by atomic mass is 9.70. The molecule has 0 bridgehead atoms. The molecule has 0 unspecified atom stereocenters. The Kier molecular flexibility index (Phi) is 3.94. The number of nitrogens with zero attached hydrogens (tertiary/aromatic N) is 1. The Bertz CT molecular complexity index is 606. The zero-order valence-electron chi connectivity index (χ0n) is 12.2. The highest BCUT2D eigenvalue weighted by Crippen LogP contribution is 2.43. The Morgan fingerprint density at radius 3 is 2.75 bits per heavy atom. The number of ether oxygens (including phenoxy) is 1. The number of hydrogen-bond acceptors (Lipinski definition) is 3. The highest BCUT2D eigenvalue weighted by molar-refractivity contribution is 6.02. The summed E-state index contributed by atoms with van der Waals surface area (Å²) in [7, 11) is 0. The molecule has 20 heavy (non-hydrogen) atoms. The van der Waals surface area contributed by atoms with Crippen LogP contribution in [0, 0.1) is 11.3 Å². The summed E-state index contributed by atoms with van der Waals surface area (Å²) in [6.07, 6.45) is 1.65. The maximum Gasteiger partial charge on any atom is 0.349 e. The van der Waals surface area contributed by atoms with Crippen molar-refractivity contribution in [2.45, 2.75) is 39.0 Å². The molecule has 3 nitrogen and oxygen atoms in total. The molecule has 0 saturated heterocycles. The van der Waals surface area contributed by atoms with Crippen LogP contribution in [-0.4, -0.2) is 12.6 Å². The molecule has 0 amide bonds. The lowest BCUT2D eigenvalue weighted by Crippen LogP contribution is -2.24. The smallest absolute Gasteiger partial charge is 0.349 e. The SMILES string of the molecule is CCOC(=O)/C(C#N)=C1/CCC(C)(C)c2ccccc21. The van der Waals surface area contributed by atoms with Crippen LogP contribution in [0.2, 0.25) is 0 Å². The second kappa shape index (κ2) is 5.50. The molecule has 0 saturated carbocycles. The van der Waals surface area contributed by atoms with Gasteiger partial charge >= 0.3 is 5.97 Å². The monoisotopic (exact) mass is 269 g/mol. The van der Waals surface area contributed by atoms with Gasteiger partial charge < -0.3 is 4.74 Å². The van der Waals surface area contributed by atoms with Crippen LogP contribution < -0.4 is 0 Å². The number of carbonyl (C=O) groups is 1. The minimum atomic E-state index is -0.514. The maximum atomic E-state index is 11.9. The van der Waals surface area contributed by atoms with Gasteiger partial charge in [-0.3, -0.25) is 0 Å². The standard InChI is InChI=1S/C17H19NO2/c1-4-20-16(19)14(11-18)12-9-10-17(2,3)15-8-6-5-7-13(12)15/h5-8H,4,9-10H2,1-3H3/b14-12-. The normalized spacial score (nSPS) is 18.7. The molecule has 1 aromatic carbocycles. The Hall–Kier alpha value is -2.08. The third-order valence-corrected chi connectivity index (χ3v) is 3.87.